The Kier molecular flexibility index (Phi) is 7.76. The number of nitrogens with one attached hydrogen (secondary N) is 1. The Balaban J connectivity index is 1.72. The van der Waals surface area contributed by atoms with E-state index in [0.717, 1.165) is 49.0 Å². The number of hydrogen-bond acceptors (Lipinski definition) is 6. The van der Waals surface area contributed by atoms with Gasteiger partial charge in [-0.05, 0) is 60.4 Å². The summed E-state index contributed by atoms with van der Waals surface area (Å²) in [5.41, 5.74) is 2.60. The van der Waals surface area contributed by atoms with Crippen LogP contribution in [0.3, 0.4) is 0 Å². The Morgan fingerprint density at radius 1 is 1.13 bits per heavy atom. The van der Waals surface area contributed by atoms with E-state index in [-0.39, 0.29) is 16.7 Å². The number of hydrogen-bond donors (Lipinski definition) is 2. The highest BCUT2D eigenvalue weighted by molar-refractivity contribution is 7.98. The second kappa shape index (κ2) is 10.3. The van der Waals surface area contributed by atoms with Gasteiger partial charge in [-0.15, -0.1) is 0 Å². The Labute approximate surface area is 182 Å². The number of morpholine rings is 1. The summed E-state index contributed by atoms with van der Waals surface area (Å²) >= 11 is 1.66. The average molecular weight is 450 g/mol. The second-order valence-corrected chi connectivity index (χ2v) is 9.63. The highest BCUT2D eigenvalue weighted by atomic mass is 32.2. The molecule has 0 unspecified atom stereocenters. The smallest absolute Gasteiger partial charge is 0.238 e. The van der Waals surface area contributed by atoms with Gasteiger partial charge in [-0.1, -0.05) is 12.1 Å². The number of nitrogens with zero attached hydrogens (tertiary/aromatic N) is 1. The molecule has 3 rings (SSSR count). The van der Waals surface area contributed by atoms with Crippen molar-refractivity contribution in [3.8, 4) is 0 Å². The van der Waals surface area contributed by atoms with Crippen LogP contribution in [0.2, 0.25) is 0 Å². The van der Waals surface area contributed by atoms with E-state index in [4.69, 9.17) is 9.88 Å². The topological polar surface area (TPSA) is 102 Å². The largest absolute Gasteiger partial charge is 0.378 e. The van der Waals surface area contributed by atoms with Crippen molar-refractivity contribution in [1.82, 2.24) is 0 Å². The van der Waals surface area contributed by atoms with E-state index in [0.29, 0.717) is 6.42 Å². The van der Waals surface area contributed by atoms with Crippen molar-refractivity contribution in [2.24, 2.45) is 5.14 Å². The number of sulfonamides is 1. The third-order valence-electron chi connectivity index (χ3n) is 5.05. The maximum Gasteiger partial charge on any atom is 0.238 e. The molecule has 1 aliphatic heterocycles. The first-order chi connectivity index (χ1) is 14.4. The van der Waals surface area contributed by atoms with Crippen LogP contribution in [0.1, 0.15) is 17.9 Å². The molecule has 1 aliphatic rings. The molecule has 0 saturated carbocycles. The molecule has 0 radical (unpaired) electrons. The van der Waals surface area contributed by atoms with E-state index in [1.54, 1.807) is 23.9 Å². The molecule has 1 fully saturated rings. The molecule has 7 nitrogen and oxygen atoms in total. The molecule has 1 saturated heterocycles. The van der Waals surface area contributed by atoms with Crippen LogP contribution in [0.15, 0.2) is 53.4 Å². The monoisotopic (exact) mass is 449 g/mol. The lowest BCUT2D eigenvalue weighted by molar-refractivity contribution is -0.117. The first kappa shape index (κ1) is 22.6. The minimum atomic E-state index is -3.76. The van der Waals surface area contributed by atoms with Crippen LogP contribution in [0.4, 0.5) is 11.4 Å². The normalized spacial score (nSPS) is 15.6. The van der Waals surface area contributed by atoms with Gasteiger partial charge in [0.1, 0.15) is 0 Å². The first-order valence-corrected chi connectivity index (χ1v) is 12.7. The number of thioether (sulfide) groups is 1. The zero-order valence-corrected chi connectivity index (χ0v) is 18.5. The third kappa shape index (κ3) is 5.98. The van der Waals surface area contributed by atoms with Gasteiger partial charge < -0.3 is 15.0 Å². The molecule has 30 heavy (non-hydrogen) atoms. The minimum absolute atomic E-state index is 0.0361. The summed E-state index contributed by atoms with van der Waals surface area (Å²) in [5, 5.41) is 8.16. The number of primary sulfonamides is 1. The molecule has 0 spiro atoms. The summed E-state index contributed by atoms with van der Waals surface area (Å²) < 4.78 is 28.4. The van der Waals surface area contributed by atoms with Crippen LogP contribution in [0, 0.1) is 0 Å². The van der Waals surface area contributed by atoms with Crippen LogP contribution >= 0.6 is 11.8 Å². The number of ether oxygens (including phenoxy) is 1. The van der Waals surface area contributed by atoms with E-state index >= 15 is 0 Å². The van der Waals surface area contributed by atoms with Gasteiger partial charge in [0.2, 0.25) is 15.9 Å². The van der Waals surface area contributed by atoms with Crippen molar-refractivity contribution in [2.75, 3.05) is 48.5 Å². The van der Waals surface area contributed by atoms with Crippen molar-refractivity contribution in [2.45, 2.75) is 17.2 Å². The summed E-state index contributed by atoms with van der Waals surface area (Å²) in [5.74, 6) is 0.308. The molecule has 2 aromatic rings. The van der Waals surface area contributed by atoms with Gasteiger partial charge in [0.05, 0.1) is 24.0 Å². The number of anilines is 2. The number of carbonyl (C=O) groups is 1. The predicted molar refractivity (Wildman–Crippen MR) is 122 cm³/mol. The van der Waals surface area contributed by atoms with E-state index in [1.165, 1.54) is 12.1 Å². The molecule has 0 bridgehead atoms. The summed E-state index contributed by atoms with van der Waals surface area (Å²) in [6.07, 6.45) is 2.64. The molecule has 1 atom stereocenters. The third-order valence-corrected chi connectivity index (χ3v) is 6.62. The zero-order valence-electron chi connectivity index (χ0n) is 16.9. The Hall–Kier alpha value is -2.07. The van der Waals surface area contributed by atoms with Crippen LogP contribution in [-0.2, 0) is 19.6 Å². The number of rotatable bonds is 8. The van der Waals surface area contributed by atoms with E-state index in [2.05, 4.69) is 10.2 Å². The Morgan fingerprint density at radius 3 is 2.33 bits per heavy atom. The fraction of sp³-hybridized carbons (Fsp3) is 0.381. The van der Waals surface area contributed by atoms with Crippen molar-refractivity contribution >= 4 is 39.1 Å². The summed E-state index contributed by atoms with van der Waals surface area (Å²) in [7, 11) is -3.76. The van der Waals surface area contributed by atoms with Crippen LogP contribution < -0.4 is 15.4 Å². The molecule has 3 N–H and O–H groups in total. The van der Waals surface area contributed by atoms with Crippen molar-refractivity contribution < 1.29 is 17.9 Å². The van der Waals surface area contributed by atoms with Gasteiger partial charge in [0.15, 0.2) is 0 Å². The van der Waals surface area contributed by atoms with Gasteiger partial charge >= 0.3 is 0 Å². The Bertz CT molecular complexity index is 941. The number of amides is 1. The van der Waals surface area contributed by atoms with Gasteiger partial charge in [-0.2, -0.15) is 11.8 Å². The molecular weight excluding hydrogens is 422 g/mol. The van der Waals surface area contributed by atoms with Gasteiger partial charge in [-0.25, -0.2) is 13.6 Å². The number of carbonyl (C=O) groups excluding carboxylic acids is 1. The summed E-state index contributed by atoms with van der Waals surface area (Å²) in [6.45, 7) is 3.16. The fourth-order valence-corrected chi connectivity index (χ4v) is 4.37. The van der Waals surface area contributed by atoms with E-state index in [9.17, 15) is 13.2 Å². The fourth-order valence-electron chi connectivity index (χ4n) is 3.38. The lowest BCUT2D eigenvalue weighted by atomic mass is 9.95. The molecule has 2 aromatic carbocycles. The SMILES string of the molecule is CSCC[C@H](C(=O)Nc1ccc(N2CCOCC2)cc1)c1ccc(S(N)(=O)=O)cc1. The molecular formula is C21H27N3O4S2. The Morgan fingerprint density at radius 2 is 1.77 bits per heavy atom. The van der Waals surface area contributed by atoms with Crippen LogP contribution in [-0.4, -0.2) is 52.6 Å². The van der Waals surface area contributed by atoms with Gasteiger partial charge in [-0.3, -0.25) is 4.79 Å². The molecule has 0 aromatic heterocycles. The highest BCUT2D eigenvalue weighted by Gasteiger charge is 2.21. The molecule has 0 aliphatic carbocycles. The van der Waals surface area contributed by atoms with Gasteiger partial charge in [0, 0.05) is 24.5 Å². The minimum Gasteiger partial charge on any atom is -0.378 e. The predicted octanol–water partition coefficient (Wildman–Crippen LogP) is 2.65. The van der Waals surface area contributed by atoms with Crippen LogP contribution in [0.5, 0.6) is 0 Å². The van der Waals surface area contributed by atoms with E-state index < -0.39 is 10.0 Å². The molecule has 1 heterocycles. The zero-order chi connectivity index (χ0) is 21.6. The van der Waals surface area contributed by atoms with Crippen molar-refractivity contribution in [3.05, 3.63) is 54.1 Å². The molecule has 9 heteroatoms. The lowest BCUT2D eigenvalue weighted by Crippen LogP contribution is -2.36. The second-order valence-electron chi connectivity index (χ2n) is 7.08. The maximum absolute atomic E-state index is 13.0. The molecule has 162 valence electrons. The van der Waals surface area contributed by atoms with Crippen LogP contribution in [0.25, 0.3) is 0 Å². The quantitative estimate of drug-likeness (QED) is 0.642. The molecule has 1 amide bonds. The maximum atomic E-state index is 13.0. The number of benzene rings is 2. The highest BCUT2D eigenvalue weighted by Crippen LogP contribution is 2.26. The first-order valence-electron chi connectivity index (χ1n) is 9.74. The number of nitrogens with two attached hydrogens (primary N) is 1. The summed E-state index contributed by atoms with van der Waals surface area (Å²) in [6, 6.07) is 14.0. The average Bonchev–Trinajstić information content (AvgIpc) is 2.75. The van der Waals surface area contributed by atoms with Gasteiger partial charge in [0.25, 0.3) is 0 Å². The van der Waals surface area contributed by atoms with Crippen molar-refractivity contribution in [3.63, 3.8) is 0 Å². The standard InChI is InChI=1S/C21H27N3O4S2/c1-29-15-10-20(16-2-8-19(9-3-16)30(22,26)27)21(25)23-17-4-6-18(7-5-17)24-11-13-28-14-12-24/h2-9,20H,10-15H2,1H3,(H,23,25)(H2,22,26,27)/t20-/m0/s1. The van der Waals surface area contributed by atoms with E-state index in [1.807, 2.05) is 30.5 Å². The summed E-state index contributed by atoms with van der Waals surface area (Å²) in [4.78, 5) is 15.3. The van der Waals surface area contributed by atoms with Crippen molar-refractivity contribution in [1.29, 1.82) is 0 Å². The lowest BCUT2D eigenvalue weighted by Gasteiger charge is -2.29.